The molecule has 0 heterocycles. The lowest BCUT2D eigenvalue weighted by Crippen LogP contribution is -2.44. The van der Waals surface area contributed by atoms with Crippen LogP contribution in [0, 0.1) is 11.3 Å². The first kappa shape index (κ1) is 13.4. The Labute approximate surface area is 86.9 Å². The van der Waals surface area contributed by atoms with Crippen LogP contribution in [-0.4, -0.2) is 23.7 Å². The summed E-state index contributed by atoms with van der Waals surface area (Å²) in [5.74, 6) is -0.632. The zero-order valence-corrected chi connectivity index (χ0v) is 9.92. The minimum absolute atomic E-state index is 0.125. The van der Waals surface area contributed by atoms with Gasteiger partial charge in [-0.3, -0.25) is 4.79 Å². The SMILES string of the molecule is CCC(C)(C)CNC(C(=O)O)C(C)C. The predicted octanol–water partition coefficient (Wildman–Crippen LogP) is 2.12. The number of rotatable bonds is 6. The summed E-state index contributed by atoms with van der Waals surface area (Å²) in [6, 6.07) is -0.430. The predicted molar refractivity (Wildman–Crippen MR) is 58.3 cm³/mol. The maximum Gasteiger partial charge on any atom is 0.320 e. The van der Waals surface area contributed by atoms with Gasteiger partial charge in [0.15, 0.2) is 0 Å². The van der Waals surface area contributed by atoms with Crippen LogP contribution in [0.3, 0.4) is 0 Å². The molecule has 1 atom stereocenters. The zero-order chi connectivity index (χ0) is 11.4. The maximum atomic E-state index is 10.9. The number of carboxylic acids is 1. The van der Waals surface area contributed by atoms with E-state index in [0.717, 1.165) is 13.0 Å². The van der Waals surface area contributed by atoms with Crippen molar-refractivity contribution < 1.29 is 9.90 Å². The number of hydrogen-bond acceptors (Lipinski definition) is 2. The largest absolute Gasteiger partial charge is 0.480 e. The molecule has 0 aromatic heterocycles. The highest BCUT2D eigenvalue weighted by molar-refractivity contribution is 5.73. The number of aliphatic carboxylic acids is 1. The van der Waals surface area contributed by atoms with Crippen molar-refractivity contribution >= 4 is 5.97 Å². The zero-order valence-electron chi connectivity index (χ0n) is 9.92. The fourth-order valence-electron chi connectivity index (χ4n) is 1.12. The van der Waals surface area contributed by atoms with Crippen LogP contribution in [0.2, 0.25) is 0 Å². The Balaban J connectivity index is 4.14. The van der Waals surface area contributed by atoms with Gasteiger partial charge in [-0.15, -0.1) is 0 Å². The molecule has 0 spiro atoms. The monoisotopic (exact) mass is 201 g/mol. The van der Waals surface area contributed by atoms with Crippen molar-refractivity contribution in [2.75, 3.05) is 6.54 Å². The summed E-state index contributed by atoms with van der Waals surface area (Å²) in [6.45, 7) is 11.0. The van der Waals surface area contributed by atoms with E-state index < -0.39 is 12.0 Å². The van der Waals surface area contributed by atoms with E-state index >= 15 is 0 Å². The Morgan fingerprint density at radius 1 is 1.43 bits per heavy atom. The lowest BCUT2D eigenvalue weighted by molar-refractivity contribution is -0.140. The molecule has 0 aromatic carbocycles. The Morgan fingerprint density at radius 2 is 1.93 bits per heavy atom. The minimum atomic E-state index is -0.757. The van der Waals surface area contributed by atoms with E-state index in [9.17, 15) is 4.79 Å². The topological polar surface area (TPSA) is 49.3 Å². The van der Waals surface area contributed by atoms with Crippen LogP contribution in [0.4, 0.5) is 0 Å². The van der Waals surface area contributed by atoms with E-state index in [2.05, 4.69) is 26.1 Å². The van der Waals surface area contributed by atoms with Crippen LogP contribution in [0.15, 0.2) is 0 Å². The number of hydrogen-bond donors (Lipinski definition) is 2. The smallest absolute Gasteiger partial charge is 0.320 e. The van der Waals surface area contributed by atoms with Crippen LogP contribution < -0.4 is 5.32 Å². The molecule has 0 aromatic rings. The van der Waals surface area contributed by atoms with E-state index in [-0.39, 0.29) is 11.3 Å². The van der Waals surface area contributed by atoms with Gasteiger partial charge in [-0.2, -0.15) is 0 Å². The van der Waals surface area contributed by atoms with E-state index in [1.165, 1.54) is 0 Å². The number of carboxylic acid groups (broad SMARTS) is 1. The van der Waals surface area contributed by atoms with Crippen molar-refractivity contribution in [3.8, 4) is 0 Å². The molecule has 0 aliphatic rings. The van der Waals surface area contributed by atoms with Crippen LogP contribution in [0.5, 0.6) is 0 Å². The molecule has 0 saturated heterocycles. The first-order chi connectivity index (χ1) is 6.30. The highest BCUT2D eigenvalue weighted by atomic mass is 16.4. The second-order valence-electron chi connectivity index (χ2n) is 4.96. The first-order valence-corrected chi connectivity index (χ1v) is 5.26. The van der Waals surface area contributed by atoms with Gasteiger partial charge < -0.3 is 10.4 Å². The Morgan fingerprint density at radius 3 is 2.21 bits per heavy atom. The molecule has 0 rings (SSSR count). The van der Waals surface area contributed by atoms with Crippen molar-refractivity contribution in [3.05, 3.63) is 0 Å². The molecule has 84 valence electrons. The first-order valence-electron chi connectivity index (χ1n) is 5.26. The van der Waals surface area contributed by atoms with Gasteiger partial charge in [0.25, 0.3) is 0 Å². The summed E-state index contributed by atoms with van der Waals surface area (Å²) in [6.07, 6.45) is 1.05. The number of nitrogens with one attached hydrogen (secondary N) is 1. The molecule has 1 unspecified atom stereocenters. The molecular weight excluding hydrogens is 178 g/mol. The van der Waals surface area contributed by atoms with Gasteiger partial charge in [0, 0.05) is 6.54 Å². The highest BCUT2D eigenvalue weighted by Gasteiger charge is 2.24. The molecular formula is C11H23NO2. The maximum absolute atomic E-state index is 10.9. The Bertz CT molecular complexity index is 188. The third-order valence-corrected chi connectivity index (χ3v) is 2.69. The average Bonchev–Trinajstić information content (AvgIpc) is 2.03. The van der Waals surface area contributed by atoms with Crippen LogP contribution in [0.25, 0.3) is 0 Å². The van der Waals surface area contributed by atoms with E-state index in [0.29, 0.717) is 0 Å². The van der Waals surface area contributed by atoms with E-state index in [1.54, 1.807) is 0 Å². The normalized spacial score (nSPS) is 14.4. The molecule has 3 heteroatoms. The van der Waals surface area contributed by atoms with Gasteiger partial charge in [-0.1, -0.05) is 34.6 Å². The molecule has 0 fully saturated rings. The average molecular weight is 201 g/mol. The van der Waals surface area contributed by atoms with E-state index in [4.69, 9.17) is 5.11 Å². The summed E-state index contributed by atoms with van der Waals surface area (Å²) >= 11 is 0. The van der Waals surface area contributed by atoms with Crippen molar-refractivity contribution in [1.82, 2.24) is 5.32 Å². The van der Waals surface area contributed by atoms with Crippen molar-refractivity contribution in [2.45, 2.75) is 47.1 Å². The Hall–Kier alpha value is -0.570. The van der Waals surface area contributed by atoms with Crippen LogP contribution in [0.1, 0.15) is 41.0 Å². The summed E-state index contributed by atoms with van der Waals surface area (Å²) in [5.41, 5.74) is 0.169. The lowest BCUT2D eigenvalue weighted by atomic mass is 9.89. The fraction of sp³-hybridized carbons (Fsp3) is 0.909. The standard InChI is InChI=1S/C11H23NO2/c1-6-11(4,5)7-12-9(8(2)3)10(13)14/h8-9,12H,6-7H2,1-5H3,(H,13,14). The van der Waals surface area contributed by atoms with Gasteiger partial charge in [0.2, 0.25) is 0 Å². The van der Waals surface area contributed by atoms with Crippen LogP contribution in [-0.2, 0) is 4.79 Å². The Kier molecular flexibility index (Phi) is 5.13. The lowest BCUT2D eigenvalue weighted by Gasteiger charge is -2.27. The third kappa shape index (κ3) is 4.61. The van der Waals surface area contributed by atoms with Crippen molar-refractivity contribution in [3.63, 3.8) is 0 Å². The van der Waals surface area contributed by atoms with Crippen LogP contribution >= 0.6 is 0 Å². The molecule has 0 aliphatic heterocycles. The van der Waals surface area contributed by atoms with Crippen molar-refractivity contribution in [2.24, 2.45) is 11.3 Å². The van der Waals surface area contributed by atoms with Gasteiger partial charge in [-0.25, -0.2) is 0 Å². The quantitative estimate of drug-likeness (QED) is 0.692. The summed E-state index contributed by atoms with van der Waals surface area (Å²) in [5, 5.41) is 12.1. The van der Waals surface area contributed by atoms with Gasteiger partial charge in [-0.05, 0) is 17.8 Å². The summed E-state index contributed by atoms with van der Waals surface area (Å²) < 4.78 is 0. The molecule has 14 heavy (non-hydrogen) atoms. The second kappa shape index (κ2) is 5.35. The van der Waals surface area contributed by atoms with Crippen molar-refractivity contribution in [1.29, 1.82) is 0 Å². The molecule has 3 nitrogen and oxygen atoms in total. The van der Waals surface area contributed by atoms with Gasteiger partial charge >= 0.3 is 5.97 Å². The highest BCUT2D eigenvalue weighted by Crippen LogP contribution is 2.18. The third-order valence-electron chi connectivity index (χ3n) is 2.69. The van der Waals surface area contributed by atoms with Gasteiger partial charge in [0.1, 0.15) is 6.04 Å². The molecule has 0 radical (unpaired) electrons. The molecule has 0 bridgehead atoms. The van der Waals surface area contributed by atoms with Gasteiger partial charge in [0.05, 0.1) is 0 Å². The molecule has 2 N–H and O–H groups in total. The molecule has 0 saturated carbocycles. The second-order valence-corrected chi connectivity index (χ2v) is 4.96. The van der Waals surface area contributed by atoms with E-state index in [1.807, 2.05) is 13.8 Å². The summed E-state index contributed by atoms with van der Waals surface area (Å²) in [7, 11) is 0. The fourth-order valence-corrected chi connectivity index (χ4v) is 1.12. The summed E-state index contributed by atoms with van der Waals surface area (Å²) in [4.78, 5) is 10.9. The molecule has 0 aliphatic carbocycles. The number of carbonyl (C=O) groups is 1. The molecule has 0 amide bonds. The minimum Gasteiger partial charge on any atom is -0.480 e.